The first-order valence-corrected chi connectivity index (χ1v) is 11.3. The van der Waals surface area contributed by atoms with E-state index in [1.165, 1.54) is 24.0 Å². The van der Waals surface area contributed by atoms with Crippen molar-refractivity contribution >= 4 is 40.9 Å². The van der Waals surface area contributed by atoms with Crippen molar-refractivity contribution in [3.8, 4) is 0 Å². The molecule has 1 aromatic heterocycles. The second kappa shape index (κ2) is 9.99. The van der Waals surface area contributed by atoms with E-state index in [-0.39, 0.29) is 17.3 Å². The number of benzene rings is 2. The fraction of sp³-hybridized carbons (Fsp3) is 0.304. The van der Waals surface area contributed by atoms with Crippen molar-refractivity contribution in [3.63, 3.8) is 0 Å². The third-order valence-corrected chi connectivity index (χ3v) is 6.03. The van der Waals surface area contributed by atoms with Gasteiger partial charge in [-0.05, 0) is 42.8 Å². The molecule has 0 spiro atoms. The van der Waals surface area contributed by atoms with Crippen LogP contribution in [0.1, 0.15) is 36.6 Å². The zero-order valence-electron chi connectivity index (χ0n) is 18.5. The van der Waals surface area contributed by atoms with Gasteiger partial charge < -0.3 is 19.5 Å². The number of esters is 1. The molecular formula is C23H22Cl2FN5O3. The van der Waals surface area contributed by atoms with E-state index in [9.17, 15) is 14.0 Å². The Morgan fingerprint density at radius 3 is 2.53 bits per heavy atom. The van der Waals surface area contributed by atoms with Crippen LogP contribution in [0.25, 0.3) is 0 Å². The number of hydrogen-bond donors (Lipinski definition) is 1. The average Bonchev–Trinajstić information content (AvgIpc) is 3.34. The van der Waals surface area contributed by atoms with Crippen LogP contribution < -0.4 is 5.32 Å². The molecule has 1 aliphatic rings. The van der Waals surface area contributed by atoms with Crippen LogP contribution in [0.15, 0.2) is 42.5 Å². The molecule has 2 heterocycles. The van der Waals surface area contributed by atoms with Crippen molar-refractivity contribution in [3.05, 3.63) is 75.5 Å². The number of nitrogens with one attached hydrogen (secondary N) is 1. The van der Waals surface area contributed by atoms with Gasteiger partial charge in [-0.25, -0.2) is 9.18 Å². The number of carbonyl (C=O) groups excluding carboxylic acids is 2. The summed E-state index contributed by atoms with van der Waals surface area (Å²) in [6.07, 6.45) is -0.209. The first-order chi connectivity index (χ1) is 16.2. The molecule has 0 aliphatic carbocycles. The molecule has 11 heteroatoms. The summed E-state index contributed by atoms with van der Waals surface area (Å²) in [7, 11) is 0. The van der Waals surface area contributed by atoms with Crippen LogP contribution in [-0.4, -0.2) is 44.3 Å². The second-order valence-electron chi connectivity index (χ2n) is 8.01. The van der Waals surface area contributed by atoms with E-state index in [0.29, 0.717) is 29.6 Å². The number of ether oxygens (including phenoxy) is 1. The van der Waals surface area contributed by atoms with Crippen LogP contribution in [0.5, 0.6) is 0 Å². The molecular weight excluding hydrogens is 484 g/mol. The van der Waals surface area contributed by atoms with Crippen LogP contribution in [0.3, 0.4) is 0 Å². The summed E-state index contributed by atoms with van der Waals surface area (Å²) in [5.41, 5.74) is 0.963. The minimum Gasteiger partial charge on any atom is -0.461 e. The monoisotopic (exact) mass is 505 g/mol. The van der Waals surface area contributed by atoms with E-state index in [4.69, 9.17) is 27.9 Å². The number of amides is 2. The predicted molar refractivity (Wildman–Crippen MR) is 125 cm³/mol. The fourth-order valence-corrected chi connectivity index (χ4v) is 4.26. The maximum Gasteiger partial charge on any atom is 0.322 e. The fourth-order valence-electron chi connectivity index (χ4n) is 3.98. The highest BCUT2D eigenvalue weighted by atomic mass is 35.5. The van der Waals surface area contributed by atoms with E-state index in [1.54, 1.807) is 12.1 Å². The molecule has 2 aromatic carbocycles. The van der Waals surface area contributed by atoms with Crippen LogP contribution >= 0.6 is 23.2 Å². The van der Waals surface area contributed by atoms with Gasteiger partial charge in [0.25, 0.3) is 0 Å². The Hall–Kier alpha value is -3.17. The molecule has 0 saturated carbocycles. The molecule has 0 radical (unpaired) electrons. The van der Waals surface area contributed by atoms with Gasteiger partial charge in [-0.1, -0.05) is 35.3 Å². The van der Waals surface area contributed by atoms with Crippen molar-refractivity contribution in [2.75, 3.05) is 11.9 Å². The van der Waals surface area contributed by atoms with Crippen LogP contribution in [0, 0.1) is 12.7 Å². The molecule has 3 aromatic rings. The lowest BCUT2D eigenvalue weighted by Gasteiger charge is -2.25. The minimum absolute atomic E-state index is 0.0112. The topological polar surface area (TPSA) is 89.3 Å². The summed E-state index contributed by atoms with van der Waals surface area (Å²) in [6.45, 7) is 3.71. The Morgan fingerprint density at radius 1 is 1.15 bits per heavy atom. The summed E-state index contributed by atoms with van der Waals surface area (Å²) in [5, 5.41) is 12.0. The summed E-state index contributed by atoms with van der Waals surface area (Å²) < 4.78 is 21.6. The van der Waals surface area contributed by atoms with E-state index < -0.39 is 30.0 Å². The molecule has 1 unspecified atom stereocenters. The van der Waals surface area contributed by atoms with Gasteiger partial charge in [-0.2, -0.15) is 0 Å². The molecule has 1 fully saturated rings. The number of likely N-dealkylation sites (tertiary alicyclic amines) is 1. The maximum atomic E-state index is 14.3. The number of aromatic nitrogens is 3. The SMILES string of the molecule is CC(=O)O[C@H]1CC(c2nnc(C)n2Cc2ccc(Cl)cc2)N(C(=O)Nc2ccc(Cl)cc2F)C1. The Labute approximate surface area is 205 Å². The largest absolute Gasteiger partial charge is 0.461 e. The van der Waals surface area contributed by atoms with Gasteiger partial charge in [0.05, 0.1) is 24.8 Å². The van der Waals surface area contributed by atoms with Crippen LogP contribution in [-0.2, 0) is 16.1 Å². The number of hydrogen-bond acceptors (Lipinski definition) is 5. The van der Waals surface area contributed by atoms with Crippen molar-refractivity contribution < 1.29 is 18.7 Å². The average molecular weight is 506 g/mol. The Bertz CT molecular complexity index is 1220. The molecule has 2 amide bonds. The normalized spacial score (nSPS) is 17.6. The maximum absolute atomic E-state index is 14.3. The van der Waals surface area contributed by atoms with Gasteiger partial charge in [0, 0.05) is 23.4 Å². The predicted octanol–water partition coefficient (Wildman–Crippen LogP) is 4.99. The molecule has 2 atom stereocenters. The third-order valence-electron chi connectivity index (χ3n) is 5.55. The zero-order chi connectivity index (χ0) is 24.4. The van der Waals surface area contributed by atoms with Crippen molar-refractivity contribution in [2.45, 2.75) is 39.0 Å². The lowest BCUT2D eigenvalue weighted by molar-refractivity contribution is -0.145. The first-order valence-electron chi connectivity index (χ1n) is 10.6. The molecule has 8 nitrogen and oxygen atoms in total. The Morgan fingerprint density at radius 2 is 1.85 bits per heavy atom. The van der Waals surface area contributed by atoms with E-state index in [2.05, 4.69) is 15.5 Å². The quantitative estimate of drug-likeness (QED) is 0.493. The van der Waals surface area contributed by atoms with E-state index >= 15 is 0 Å². The molecule has 1 saturated heterocycles. The molecule has 0 bridgehead atoms. The zero-order valence-corrected chi connectivity index (χ0v) is 20.0. The number of aryl methyl sites for hydroxylation is 1. The molecule has 34 heavy (non-hydrogen) atoms. The molecule has 4 rings (SSSR count). The van der Waals surface area contributed by atoms with Gasteiger partial charge in [0.15, 0.2) is 5.82 Å². The Balaban J connectivity index is 1.63. The molecule has 1 N–H and O–H groups in total. The number of anilines is 1. The lowest BCUT2D eigenvalue weighted by Crippen LogP contribution is -2.37. The van der Waals surface area contributed by atoms with Crippen molar-refractivity contribution in [1.29, 1.82) is 0 Å². The van der Waals surface area contributed by atoms with Gasteiger partial charge in [-0.3, -0.25) is 4.79 Å². The van der Waals surface area contributed by atoms with Crippen molar-refractivity contribution in [2.24, 2.45) is 0 Å². The van der Waals surface area contributed by atoms with Crippen molar-refractivity contribution in [1.82, 2.24) is 19.7 Å². The number of nitrogens with zero attached hydrogens (tertiary/aromatic N) is 4. The lowest BCUT2D eigenvalue weighted by atomic mass is 10.1. The standard InChI is InChI=1S/C23H22Cl2FN5O3/c1-13-28-29-22(30(13)11-15-3-5-16(24)6-4-15)21-10-18(34-14(2)32)12-31(21)23(33)27-20-8-7-17(25)9-19(20)26/h3-9,18,21H,10-12H2,1-2H3,(H,27,33)/t18-,21?/m0/s1. The smallest absolute Gasteiger partial charge is 0.322 e. The highest BCUT2D eigenvalue weighted by molar-refractivity contribution is 6.30. The summed E-state index contributed by atoms with van der Waals surface area (Å²) in [4.78, 5) is 26.2. The highest BCUT2D eigenvalue weighted by Gasteiger charge is 2.41. The molecule has 178 valence electrons. The number of halogens is 3. The third kappa shape index (κ3) is 5.31. The number of rotatable bonds is 5. The molecule has 1 aliphatic heterocycles. The summed E-state index contributed by atoms with van der Waals surface area (Å²) in [5.74, 6) is 0.0854. The van der Waals surface area contributed by atoms with Gasteiger partial charge >= 0.3 is 12.0 Å². The van der Waals surface area contributed by atoms with Gasteiger partial charge in [-0.15, -0.1) is 10.2 Å². The summed E-state index contributed by atoms with van der Waals surface area (Å²) in [6, 6.07) is 10.3. The van der Waals surface area contributed by atoms with Crippen LogP contribution in [0.2, 0.25) is 10.0 Å². The van der Waals surface area contributed by atoms with E-state index in [1.807, 2.05) is 23.6 Å². The number of urea groups is 1. The Kier molecular flexibility index (Phi) is 7.04. The minimum atomic E-state index is -0.658. The van der Waals surface area contributed by atoms with Crippen LogP contribution in [0.4, 0.5) is 14.9 Å². The number of carbonyl (C=O) groups is 2. The highest BCUT2D eigenvalue weighted by Crippen LogP contribution is 2.34. The van der Waals surface area contributed by atoms with E-state index in [0.717, 1.165) is 11.6 Å². The van der Waals surface area contributed by atoms with Gasteiger partial charge in [0.1, 0.15) is 17.7 Å². The summed E-state index contributed by atoms with van der Waals surface area (Å²) >= 11 is 11.8. The first kappa shape index (κ1) is 24.0. The van der Waals surface area contributed by atoms with Gasteiger partial charge in [0.2, 0.25) is 0 Å². The second-order valence-corrected chi connectivity index (χ2v) is 8.88.